The van der Waals surface area contributed by atoms with Gasteiger partial charge >= 0.3 is 12.2 Å². The fraction of sp³-hybridized carbons (Fsp3) is 0.588. The Hall–Kier alpha value is -1.76. The quantitative estimate of drug-likeness (QED) is 0.822. The number of carbonyl (C=O) groups is 1. The van der Waals surface area contributed by atoms with E-state index in [9.17, 15) is 18.0 Å². The van der Waals surface area contributed by atoms with Crippen molar-refractivity contribution in [1.29, 1.82) is 0 Å². The molecule has 1 aliphatic rings. The minimum absolute atomic E-state index is 0.0879. The number of hydrogen-bond acceptors (Lipinski definition) is 2. The number of hydrogen-bond donors (Lipinski definition) is 2. The van der Waals surface area contributed by atoms with Gasteiger partial charge in [-0.05, 0) is 24.0 Å². The highest BCUT2D eigenvalue weighted by molar-refractivity contribution is 5.74. The van der Waals surface area contributed by atoms with E-state index >= 15 is 0 Å². The summed E-state index contributed by atoms with van der Waals surface area (Å²) < 4.78 is 40.6. The lowest BCUT2D eigenvalue weighted by Crippen LogP contribution is -2.42. The number of benzene rings is 1. The van der Waals surface area contributed by atoms with Crippen molar-refractivity contribution in [2.75, 3.05) is 6.61 Å². The van der Waals surface area contributed by atoms with Crippen LogP contribution in [-0.4, -0.2) is 24.9 Å². The van der Waals surface area contributed by atoms with Crippen molar-refractivity contribution in [2.24, 2.45) is 0 Å². The summed E-state index contributed by atoms with van der Waals surface area (Å²) in [4.78, 5) is 11.8. The number of urea groups is 1. The van der Waals surface area contributed by atoms with Gasteiger partial charge < -0.3 is 15.4 Å². The zero-order chi connectivity index (χ0) is 17.4. The summed E-state index contributed by atoms with van der Waals surface area (Å²) in [6.07, 6.45) is 1.29. The summed E-state index contributed by atoms with van der Waals surface area (Å²) in [5, 5.41) is 5.76. The highest BCUT2D eigenvalue weighted by atomic mass is 19.4. The third kappa shape index (κ3) is 7.21. The second-order valence-electron chi connectivity index (χ2n) is 6.09. The minimum Gasteiger partial charge on any atom is -0.367 e. The van der Waals surface area contributed by atoms with E-state index in [-0.39, 0.29) is 18.7 Å². The number of rotatable bonds is 6. The smallest absolute Gasteiger partial charge is 0.367 e. The molecule has 0 atom stereocenters. The Labute approximate surface area is 139 Å². The lowest BCUT2D eigenvalue weighted by atomic mass is 9.96. The molecule has 1 aliphatic carbocycles. The Morgan fingerprint density at radius 3 is 2.33 bits per heavy atom. The number of ether oxygens (including phenoxy) is 1. The molecule has 0 bridgehead atoms. The van der Waals surface area contributed by atoms with Crippen molar-refractivity contribution in [1.82, 2.24) is 10.6 Å². The van der Waals surface area contributed by atoms with E-state index in [0.717, 1.165) is 31.2 Å². The normalized spacial score (nSPS) is 16.0. The van der Waals surface area contributed by atoms with E-state index in [0.29, 0.717) is 12.1 Å². The van der Waals surface area contributed by atoms with Crippen LogP contribution in [0.2, 0.25) is 0 Å². The number of alkyl halides is 3. The zero-order valence-electron chi connectivity index (χ0n) is 13.5. The van der Waals surface area contributed by atoms with Gasteiger partial charge in [-0.2, -0.15) is 13.2 Å². The SMILES string of the molecule is O=C(NCc1ccc(COCC(F)(F)F)cc1)NC1CCCCC1. The molecule has 0 heterocycles. The average Bonchev–Trinajstić information content (AvgIpc) is 2.54. The van der Waals surface area contributed by atoms with Gasteiger partial charge in [0.05, 0.1) is 6.61 Å². The molecule has 2 rings (SSSR count). The van der Waals surface area contributed by atoms with Crippen LogP contribution in [0.3, 0.4) is 0 Å². The molecule has 24 heavy (non-hydrogen) atoms. The third-order valence-electron chi connectivity index (χ3n) is 3.95. The Kier molecular flexibility index (Phi) is 6.90. The topological polar surface area (TPSA) is 50.4 Å². The molecule has 0 aromatic heterocycles. The Morgan fingerprint density at radius 1 is 1.08 bits per heavy atom. The molecule has 0 radical (unpaired) electrons. The summed E-state index contributed by atoms with van der Waals surface area (Å²) in [5.41, 5.74) is 1.54. The van der Waals surface area contributed by atoms with Crippen LogP contribution in [0.15, 0.2) is 24.3 Å². The minimum atomic E-state index is -4.31. The molecule has 0 spiro atoms. The zero-order valence-corrected chi connectivity index (χ0v) is 13.5. The van der Waals surface area contributed by atoms with Gasteiger partial charge in [-0.1, -0.05) is 43.5 Å². The van der Waals surface area contributed by atoms with E-state index in [2.05, 4.69) is 15.4 Å². The van der Waals surface area contributed by atoms with Crippen LogP contribution in [0.25, 0.3) is 0 Å². The lowest BCUT2D eigenvalue weighted by molar-refractivity contribution is -0.176. The highest BCUT2D eigenvalue weighted by Crippen LogP contribution is 2.17. The molecule has 0 aliphatic heterocycles. The van der Waals surface area contributed by atoms with Crippen LogP contribution in [0.5, 0.6) is 0 Å². The van der Waals surface area contributed by atoms with Gasteiger partial charge in [0.1, 0.15) is 6.61 Å². The van der Waals surface area contributed by atoms with E-state index in [1.807, 2.05) is 0 Å². The maximum Gasteiger partial charge on any atom is 0.411 e. The van der Waals surface area contributed by atoms with Gasteiger partial charge in [-0.15, -0.1) is 0 Å². The van der Waals surface area contributed by atoms with E-state index in [4.69, 9.17) is 0 Å². The Balaban J connectivity index is 1.68. The van der Waals surface area contributed by atoms with Crippen molar-refractivity contribution in [3.63, 3.8) is 0 Å². The lowest BCUT2D eigenvalue weighted by Gasteiger charge is -2.22. The van der Waals surface area contributed by atoms with E-state index < -0.39 is 12.8 Å². The maximum atomic E-state index is 12.0. The van der Waals surface area contributed by atoms with Crippen molar-refractivity contribution in [3.05, 3.63) is 35.4 Å². The largest absolute Gasteiger partial charge is 0.411 e. The monoisotopic (exact) mass is 344 g/mol. The molecule has 1 aromatic rings. The Morgan fingerprint density at radius 2 is 1.71 bits per heavy atom. The second kappa shape index (κ2) is 8.92. The first-order valence-corrected chi connectivity index (χ1v) is 8.19. The third-order valence-corrected chi connectivity index (χ3v) is 3.95. The van der Waals surface area contributed by atoms with E-state index in [1.54, 1.807) is 24.3 Å². The van der Waals surface area contributed by atoms with Crippen LogP contribution in [0.1, 0.15) is 43.2 Å². The summed E-state index contributed by atoms with van der Waals surface area (Å²) in [7, 11) is 0. The van der Waals surface area contributed by atoms with Crippen molar-refractivity contribution in [3.8, 4) is 0 Å². The first-order valence-electron chi connectivity index (χ1n) is 8.19. The molecule has 2 amide bonds. The molecule has 134 valence electrons. The van der Waals surface area contributed by atoms with E-state index in [1.165, 1.54) is 6.42 Å². The molecule has 1 aromatic carbocycles. The van der Waals surface area contributed by atoms with Crippen molar-refractivity contribution >= 4 is 6.03 Å². The molecule has 2 N–H and O–H groups in total. The molecule has 0 unspecified atom stereocenters. The summed E-state index contributed by atoms with van der Waals surface area (Å²) in [6, 6.07) is 7.02. The number of amides is 2. The molecule has 7 heteroatoms. The highest BCUT2D eigenvalue weighted by Gasteiger charge is 2.27. The molecule has 1 saturated carbocycles. The fourth-order valence-corrected chi connectivity index (χ4v) is 2.70. The number of nitrogens with one attached hydrogen (secondary N) is 2. The van der Waals surface area contributed by atoms with Gasteiger partial charge in [-0.3, -0.25) is 0 Å². The van der Waals surface area contributed by atoms with Crippen LogP contribution in [-0.2, 0) is 17.9 Å². The van der Waals surface area contributed by atoms with Gasteiger partial charge in [0.25, 0.3) is 0 Å². The van der Waals surface area contributed by atoms with Crippen LogP contribution < -0.4 is 10.6 Å². The van der Waals surface area contributed by atoms with Gasteiger partial charge in [0, 0.05) is 12.6 Å². The Bertz CT molecular complexity index is 512. The standard InChI is InChI=1S/C17H23F3N2O2/c18-17(19,20)12-24-11-14-8-6-13(7-9-14)10-21-16(23)22-15-4-2-1-3-5-15/h6-9,15H,1-5,10-12H2,(H2,21,22,23). The number of carbonyl (C=O) groups excluding carboxylic acids is 1. The summed E-state index contributed by atoms with van der Waals surface area (Å²) in [6.45, 7) is -0.963. The fourth-order valence-electron chi connectivity index (χ4n) is 2.70. The molecule has 0 saturated heterocycles. The predicted molar refractivity (Wildman–Crippen MR) is 84.4 cm³/mol. The summed E-state index contributed by atoms with van der Waals surface area (Å²) in [5.74, 6) is 0. The van der Waals surface area contributed by atoms with Crippen LogP contribution in [0.4, 0.5) is 18.0 Å². The molecule has 1 fully saturated rings. The van der Waals surface area contributed by atoms with Crippen LogP contribution >= 0.6 is 0 Å². The first-order chi connectivity index (χ1) is 11.4. The van der Waals surface area contributed by atoms with Crippen LogP contribution in [0, 0.1) is 0 Å². The molecular weight excluding hydrogens is 321 g/mol. The maximum absolute atomic E-state index is 12.0. The van der Waals surface area contributed by atoms with Gasteiger partial charge in [0.15, 0.2) is 0 Å². The average molecular weight is 344 g/mol. The van der Waals surface area contributed by atoms with Gasteiger partial charge in [0.2, 0.25) is 0 Å². The van der Waals surface area contributed by atoms with Gasteiger partial charge in [-0.25, -0.2) is 4.79 Å². The predicted octanol–water partition coefficient (Wildman–Crippen LogP) is 3.90. The summed E-state index contributed by atoms with van der Waals surface area (Å²) >= 11 is 0. The first kappa shape index (κ1) is 18.6. The number of halogens is 3. The second-order valence-corrected chi connectivity index (χ2v) is 6.09. The molecule has 4 nitrogen and oxygen atoms in total. The van der Waals surface area contributed by atoms with Crippen molar-refractivity contribution in [2.45, 2.75) is 57.5 Å². The van der Waals surface area contributed by atoms with Crippen molar-refractivity contribution < 1.29 is 22.7 Å². The molecular formula is C17H23F3N2O2.